The van der Waals surface area contributed by atoms with Crippen molar-refractivity contribution in [3.05, 3.63) is 35.4 Å². The number of benzene rings is 1. The minimum atomic E-state index is -1.19. The van der Waals surface area contributed by atoms with E-state index in [1.807, 2.05) is 17.4 Å². The molecule has 1 aromatic rings. The topological polar surface area (TPSA) is 114 Å². The molecule has 0 saturated heterocycles. The number of carbonyl (C=O) groups excluding carboxylic acids is 4. The van der Waals surface area contributed by atoms with E-state index in [9.17, 15) is 19.2 Å². The summed E-state index contributed by atoms with van der Waals surface area (Å²) in [6.07, 6.45) is -1.19. The van der Waals surface area contributed by atoms with Crippen molar-refractivity contribution in [1.29, 1.82) is 0 Å². The van der Waals surface area contributed by atoms with Gasteiger partial charge in [0.25, 0.3) is 11.8 Å². The van der Waals surface area contributed by atoms with Gasteiger partial charge in [-0.1, -0.05) is 46.8 Å². The lowest BCUT2D eigenvalue weighted by Crippen LogP contribution is -2.49. The number of imide groups is 1. The average molecular weight is 405 g/mol. The summed E-state index contributed by atoms with van der Waals surface area (Å²) in [7, 11) is 1.36. The fourth-order valence-electron chi connectivity index (χ4n) is 2.42. The van der Waals surface area contributed by atoms with E-state index in [4.69, 9.17) is 4.74 Å². The molecule has 0 fully saturated rings. The van der Waals surface area contributed by atoms with Crippen LogP contribution in [-0.4, -0.2) is 43.0 Å². The summed E-state index contributed by atoms with van der Waals surface area (Å²) in [5.74, 6) is -2.19. The molecule has 0 radical (unpaired) electrons. The van der Waals surface area contributed by atoms with Crippen molar-refractivity contribution in [1.82, 2.24) is 16.0 Å². The van der Waals surface area contributed by atoms with Crippen LogP contribution in [0.15, 0.2) is 24.3 Å². The van der Waals surface area contributed by atoms with Crippen LogP contribution in [0.3, 0.4) is 0 Å². The number of ether oxygens (including phenoxy) is 1. The first-order valence-electron chi connectivity index (χ1n) is 9.51. The molecular weight excluding hydrogens is 374 g/mol. The maximum atomic E-state index is 12.6. The predicted octanol–water partition coefficient (Wildman–Crippen LogP) is 2.13. The molecule has 0 heterocycles. The Labute approximate surface area is 171 Å². The Bertz CT molecular complexity index is 751. The summed E-state index contributed by atoms with van der Waals surface area (Å²) in [4.78, 5) is 48.1. The van der Waals surface area contributed by atoms with Crippen LogP contribution in [0.2, 0.25) is 0 Å². The number of amides is 4. The first kappa shape index (κ1) is 24.1. The molecule has 1 rings (SSSR count). The summed E-state index contributed by atoms with van der Waals surface area (Å²) >= 11 is 0. The Balaban J connectivity index is 2.81. The summed E-state index contributed by atoms with van der Waals surface area (Å²) < 4.78 is 5.14. The predicted molar refractivity (Wildman–Crippen MR) is 109 cm³/mol. The summed E-state index contributed by atoms with van der Waals surface area (Å²) in [6.45, 7) is 11.1. The Kier molecular flexibility index (Phi) is 8.36. The van der Waals surface area contributed by atoms with Gasteiger partial charge in [0.2, 0.25) is 0 Å². The highest BCUT2D eigenvalue weighted by Gasteiger charge is 2.29. The normalized spacial score (nSPS) is 13.2. The highest BCUT2D eigenvalue weighted by Crippen LogP contribution is 2.22. The van der Waals surface area contributed by atoms with Crippen molar-refractivity contribution >= 4 is 23.8 Å². The molecule has 0 aliphatic carbocycles. The number of urea groups is 1. The van der Waals surface area contributed by atoms with Crippen molar-refractivity contribution in [3.8, 4) is 0 Å². The van der Waals surface area contributed by atoms with E-state index in [1.54, 1.807) is 26.0 Å². The van der Waals surface area contributed by atoms with E-state index in [1.165, 1.54) is 14.0 Å². The molecule has 0 saturated carbocycles. The van der Waals surface area contributed by atoms with Gasteiger partial charge >= 0.3 is 12.0 Å². The lowest BCUT2D eigenvalue weighted by atomic mass is 9.86. The smallest absolute Gasteiger partial charge is 0.329 e. The number of nitrogens with one attached hydrogen (secondary N) is 3. The van der Waals surface area contributed by atoms with Gasteiger partial charge in [-0.05, 0) is 36.0 Å². The van der Waals surface area contributed by atoms with E-state index in [2.05, 4.69) is 31.4 Å². The third kappa shape index (κ3) is 7.21. The number of carbonyl (C=O) groups is 4. The molecular formula is C21H31N3O5. The standard InChI is InChI=1S/C21H31N3O5/c1-12(2)16(19(27)29-13(3)17(25)24-20(28)22-7)23-18(26)14-8-10-15(11-9-14)21(4,5)6/h8-13,16H,1-7H3,(H,23,26)(H2,22,24,25,28)/t13-,16-/m0/s1. The minimum absolute atomic E-state index is 0.0370. The molecule has 8 heteroatoms. The van der Waals surface area contributed by atoms with Gasteiger partial charge in [-0.2, -0.15) is 0 Å². The average Bonchev–Trinajstić information content (AvgIpc) is 2.64. The number of hydrogen-bond donors (Lipinski definition) is 3. The van der Waals surface area contributed by atoms with Gasteiger partial charge in [-0.15, -0.1) is 0 Å². The lowest BCUT2D eigenvalue weighted by Gasteiger charge is -2.23. The maximum absolute atomic E-state index is 12.6. The minimum Gasteiger partial charge on any atom is -0.451 e. The van der Waals surface area contributed by atoms with Gasteiger partial charge in [0, 0.05) is 12.6 Å². The molecule has 4 amide bonds. The Hall–Kier alpha value is -2.90. The lowest BCUT2D eigenvalue weighted by molar-refractivity contribution is -0.157. The van der Waals surface area contributed by atoms with Crippen molar-refractivity contribution in [2.75, 3.05) is 7.05 Å². The SMILES string of the molecule is CNC(=O)NC(=O)[C@H](C)OC(=O)[C@@H](NC(=O)c1ccc(C(C)(C)C)cc1)C(C)C. The van der Waals surface area contributed by atoms with Crippen LogP contribution >= 0.6 is 0 Å². The van der Waals surface area contributed by atoms with Crippen LogP contribution in [0.1, 0.15) is 57.5 Å². The zero-order valence-electron chi connectivity index (χ0n) is 18.1. The molecule has 29 heavy (non-hydrogen) atoms. The Morgan fingerprint density at radius 1 is 0.966 bits per heavy atom. The highest BCUT2D eigenvalue weighted by atomic mass is 16.5. The molecule has 0 unspecified atom stereocenters. The molecule has 8 nitrogen and oxygen atoms in total. The van der Waals surface area contributed by atoms with Crippen LogP contribution in [0.25, 0.3) is 0 Å². The summed E-state index contributed by atoms with van der Waals surface area (Å²) in [5, 5.41) is 6.93. The van der Waals surface area contributed by atoms with Crippen molar-refractivity contribution in [2.24, 2.45) is 5.92 Å². The summed E-state index contributed by atoms with van der Waals surface area (Å²) in [6, 6.07) is 5.52. The molecule has 2 atom stereocenters. The maximum Gasteiger partial charge on any atom is 0.329 e. The second kappa shape index (κ2) is 10.0. The zero-order valence-corrected chi connectivity index (χ0v) is 18.1. The van der Waals surface area contributed by atoms with E-state index in [0.29, 0.717) is 5.56 Å². The third-order valence-electron chi connectivity index (χ3n) is 4.35. The van der Waals surface area contributed by atoms with Crippen LogP contribution < -0.4 is 16.0 Å². The molecule has 0 aliphatic rings. The monoisotopic (exact) mass is 405 g/mol. The number of esters is 1. The number of hydrogen-bond acceptors (Lipinski definition) is 5. The zero-order chi connectivity index (χ0) is 22.4. The van der Waals surface area contributed by atoms with Gasteiger partial charge < -0.3 is 15.4 Å². The fourth-order valence-corrected chi connectivity index (χ4v) is 2.42. The van der Waals surface area contributed by atoms with Crippen LogP contribution in [-0.2, 0) is 19.7 Å². The van der Waals surface area contributed by atoms with Crippen LogP contribution in [0.5, 0.6) is 0 Å². The van der Waals surface area contributed by atoms with Gasteiger partial charge in [-0.3, -0.25) is 14.9 Å². The third-order valence-corrected chi connectivity index (χ3v) is 4.35. The first-order valence-corrected chi connectivity index (χ1v) is 9.51. The van der Waals surface area contributed by atoms with E-state index in [0.717, 1.165) is 5.56 Å². The number of rotatable bonds is 6. The van der Waals surface area contributed by atoms with Gasteiger partial charge in [0.05, 0.1) is 0 Å². The van der Waals surface area contributed by atoms with Gasteiger partial charge in [0.1, 0.15) is 6.04 Å². The molecule has 0 spiro atoms. The first-order chi connectivity index (χ1) is 13.4. The largest absolute Gasteiger partial charge is 0.451 e. The molecule has 0 bridgehead atoms. The van der Waals surface area contributed by atoms with Crippen molar-refractivity contribution in [3.63, 3.8) is 0 Å². The molecule has 3 N–H and O–H groups in total. The quantitative estimate of drug-likeness (QED) is 0.628. The second-order valence-electron chi connectivity index (χ2n) is 8.17. The van der Waals surface area contributed by atoms with Crippen molar-refractivity contribution < 1.29 is 23.9 Å². The van der Waals surface area contributed by atoms with E-state index >= 15 is 0 Å². The van der Waals surface area contributed by atoms with Crippen LogP contribution in [0.4, 0.5) is 4.79 Å². The van der Waals surface area contributed by atoms with E-state index < -0.39 is 36.0 Å². The van der Waals surface area contributed by atoms with Crippen molar-refractivity contribution in [2.45, 2.75) is 59.1 Å². The second-order valence-corrected chi connectivity index (χ2v) is 8.17. The fraction of sp³-hybridized carbons (Fsp3) is 0.524. The molecule has 0 aromatic heterocycles. The van der Waals surface area contributed by atoms with E-state index in [-0.39, 0.29) is 11.3 Å². The molecule has 160 valence electrons. The highest BCUT2D eigenvalue weighted by molar-refractivity contribution is 5.98. The molecule has 1 aromatic carbocycles. The molecule has 0 aliphatic heterocycles. The summed E-state index contributed by atoms with van der Waals surface area (Å²) in [5.41, 5.74) is 1.47. The van der Waals surface area contributed by atoms with Gasteiger partial charge in [-0.25, -0.2) is 9.59 Å². The Morgan fingerprint density at radius 3 is 1.97 bits per heavy atom. The van der Waals surface area contributed by atoms with Crippen LogP contribution in [0, 0.1) is 5.92 Å². The van der Waals surface area contributed by atoms with Gasteiger partial charge in [0.15, 0.2) is 6.10 Å². The Morgan fingerprint density at radius 2 is 1.52 bits per heavy atom.